The molecule has 3 fully saturated rings. The maximum Gasteiger partial charge on any atom is 0.417 e. The summed E-state index contributed by atoms with van der Waals surface area (Å²) < 4.78 is 39.9. The number of nitrogens with zero attached hydrogens (tertiary/aromatic N) is 3. The largest absolute Gasteiger partial charge is 0.478 e. The van der Waals surface area contributed by atoms with E-state index in [-0.39, 0.29) is 12.5 Å². The summed E-state index contributed by atoms with van der Waals surface area (Å²) in [6.07, 6.45) is 2.58. The van der Waals surface area contributed by atoms with E-state index < -0.39 is 23.1 Å². The van der Waals surface area contributed by atoms with Crippen LogP contribution in [0.4, 0.5) is 13.2 Å². The van der Waals surface area contributed by atoms with Crippen molar-refractivity contribution >= 4 is 11.9 Å². The molecule has 2 aliphatic carbocycles. The lowest BCUT2D eigenvalue weighted by atomic mass is 9.78. The van der Waals surface area contributed by atoms with Gasteiger partial charge in [0.2, 0.25) is 5.91 Å². The Morgan fingerprint density at radius 3 is 2.73 bits per heavy atom. The van der Waals surface area contributed by atoms with Gasteiger partial charge in [0.15, 0.2) is 0 Å². The number of carboxylic acid groups (broad SMARTS) is 1. The first kappa shape index (κ1) is 27.2. The van der Waals surface area contributed by atoms with Crippen molar-refractivity contribution in [1.82, 2.24) is 14.8 Å². The van der Waals surface area contributed by atoms with E-state index in [9.17, 15) is 27.9 Å². The number of piperidine rings is 1. The minimum Gasteiger partial charge on any atom is -0.478 e. The van der Waals surface area contributed by atoms with Crippen molar-refractivity contribution in [2.45, 2.75) is 76.6 Å². The molecule has 1 aromatic carbocycles. The monoisotopic (exact) mass is 555 g/mol. The van der Waals surface area contributed by atoms with Crippen LogP contribution in [0.25, 0.3) is 0 Å². The van der Waals surface area contributed by atoms with E-state index in [0.29, 0.717) is 53.6 Å². The zero-order chi connectivity index (χ0) is 28.2. The van der Waals surface area contributed by atoms with E-state index in [1.165, 1.54) is 6.07 Å². The number of aromatic carboxylic acids is 1. The van der Waals surface area contributed by atoms with E-state index in [0.717, 1.165) is 63.4 Å². The van der Waals surface area contributed by atoms with E-state index in [4.69, 9.17) is 0 Å². The number of hydrogen-bond donors (Lipinski definition) is 1. The number of carbonyl (C=O) groups excluding carboxylic acids is 1. The summed E-state index contributed by atoms with van der Waals surface area (Å²) in [5.41, 5.74) is 1.39. The summed E-state index contributed by atoms with van der Waals surface area (Å²) in [4.78, 5) is 34.0. The van der Waals surface area contributed by atoms with Crippen LogP contribution in [0.3, 0.4) is 0 Å². The molecule has 2 aliphatic heterocycles. The molecule has 214 valence electrons. The van der Waals surface area contributed by atoms with Crippen molar-refractivity contribution < 1.29 is 27.9 Å². The fraction of sp³-hybridized carbons (Fsp3) is 0.581. The molecule has 4 aliphatic rings. The lowest BCUT2D eigenvalue weighted by molar-refractivity contribution is -0.144. The Labute approximate surface area is 232 Å². The second-order valence-corrected chi connectivity index (χ2v) is 12.4. The van der Waals surface area contributed by atoms with Gasteiger partial charge in [-0.15, -0.1) is 0 Å². The first-order valence-electron chi connectivity index (χ1n) is 14.5. The fourth-order valence-electron chi connectivity index (χ4n) is 8.21. The second kappa shape index (κ2) is 10.2. The van der Waals surface area contributed by atoms with Gasteiger partial charge in [-0.2, -0.15) is 13.2 Å². The third kappa shape index (κ3) is 4.80. The van der Waals surface area contributed by atoms with Crippen molar-refractivity contribution in [1.29, 1.82) is 0 Å². The van der Waals surface area contributed by atoms with Gasteiger partial charge in [0.1, 0.15) is 0 Å². The molecular formula is C31H36F3N3O3. The summed E-state index contributed by atoms with van der Waals surface area (Å²) >= 11 is 0. The number of likely N-dealkylation sites (tertiary alicyclic amines) is 1. The average molecular weight is 556 g/mol. The molecule has 6 nitrogen and oxygen atoms in total. The number of fused-ring (bicyclic) bond motifs is 2. The maximum atomic E-state index is 14.1. The molecular weight excluding hydrogens is 519 g/mol. The summed E-state index contributed by atoms with van der Waals surface area (Å²) in [5, 5.41) is 9.41. The van der Waals surface area contributed by atoms with Gasteiger partial charge in [0.05, 0.1) is 16.5 Å². The van der Waals surface area contributed by atoms with Gasteiger partial charge >= 0.3 is 12.1 Å². The Kier molecular flexibility index (Phi) is 6.92. The minimum atomic E-state index is -4.45. The number of amides is 1. The van der Waals surface area contributed by atoms with Crippen LogP contribution in [-0.2, 0) is 23.9 Å². The lowest BCUT2D eigenvalue weighted by Gasteiger charge is -2.41. The highest BCUT2D eigenvalue weighted by Gasteiger charge is 2.57. The highest BCUT2D eigenvalue weighted by Crippen LogP contribution is 2.57. The van der Waals surface area contributed by atoms with Gasteiger partial charge in [-0.25, -0.2) is 4.79 Å². The average Bonchev–Trinajstić information content (AvgIpc) is 3.50. The Morgan fingerprint density at radius 1 is 1.15 bits per heavy atom. The van der Waals surface area contributed by atoms with Gasteiger partial charge < -0.3 is 14.9 Å². The number of benzene rings is 1. The topological polar surface area (TPSA) is 73.7 Å². The van der Waals surface area contributed by atoms with Crippen LogP contribution >= 0.6 is 0 Å². The van der Waals surface area contributed by atoms with Crippen LogP contribution in [0.15, 0.2) is 36.5 Å². The van der Waals surface area contributed by atoms with Crippen molar-refractivity contribution in [3.63, 3.8) is 0 Å². The second-order valence-electron chi connectivity index (χ2n) is 12.4. The summed E-state index contributed by atoms with van der Waals surface area (Å²) in [5.74, 6) is 0.184. The summed E-state index contributed by atoms with van der Waals surface area (Å²) in [6, 6.07) is 8.77. The highest BCUT2D eigenvalue weighted by atomic mass is 19.4. The first-order valence-corrected chi connectivity index (χ1v) is 14.5. The van der Waals surface area contributed by atoms with Crippen LogP contribution in [0, 0.1) is 17.3 Å². The molecule has 6 rings (SSSR count). The van der Waals surface area contributed by atoms with Crippen LogP contribution in [0.1, 0.15) is 84.1 Å². The Bertz CT molecular complexity index is 1310. The van der Waals surface area contributed by atoms with Crippen LogP contribution in [0.5, 0.6) is 0 Å². The molecule has 1 saturated heterocycles. The zero-order valence-corrected chi connectivity index (χ0v) is 22.8. The number of rotatable bonds is 4. The van der Waals surface area contributed by atoms with Crippen LogP contribution < -0.4 is 0 Å². The number of halogens is 3. The standard InChI is InChI=1S/C31H36F3N3O3/c1-19-17-36(10-7-26(19)20-4-2-5-21(12-20)28(38)39)25-14-23-6-3-9-30(23,15-25)29(40)37-11-8-27-22(18-37)13-24(16-35-27)31(32,33)34/h2,4-5,12-13,16,19,23,25-26H,3,6-11,14-15,17-18H2,1H3,(H,38,39)/t19-,23+,25?,26-,30+/m0/s1. The van der Waals surface area contributed by atoms with Crippen molar-refractivity contribution in [2.75, 3.05) is 19.6 Å². The minimum absolute atomic E-state index is 0.119. The van der Waals surface area contributed by atoms with E-state index >= 15 is 0 Å². The number of carbonyl (C=O) groups is 2. The molecule has 3 heterocycles. The molecule has 40 heavy (non-hydrogen) atoms. The van der Waals surface area contributed by atoms with Gasteiger partial charge in [-0.1, -0.05) is 25.5 Å². The Hall–Kier alpha value is -2.94. The van der Waals surface area contributed by atoms with Crippen LogP contribution in [0.2, 0.25) is 0 Å². The molecule has 1 N–H and O–H groups in total. The molecule has 9 heteroatoms. The predicted octanol–water partition coefficient (Wildman–Crippen LogP) is 5.76. The quantitative estimate of drug-likeness (QED) is 0.520. The lowest BCUT2D eigenvalue weighted by Crippen LogP contribution is -2.48. The fourth-order valence-corrected chi connectivity index (χ4v) is 8.21. The SMILES string of the molecule is C[C@H]1CN(C2C[C@H]3CCC[C@@]3(C(=O)N3CCc4ncc(C(F)(F)F)cc4C3)C2)CC[C@@H]1c1cccc(C(=O)O)c1. The first-order chi connectivity index (χ1) is 19.0. The molecule has 2 saturated carbocycles. The highest BCUT2D eigenvalue weighted by molar-refractivity contribution is 5.87. The van der Waals surface area contributed by atoms with Gasteiger partial charge in [0.25, 0.3) is 0 Å². The van der Waals surface area contributed by atoms with Crippen molar-refractivity contribution in [3.05, 3.63) is 64.5 Å². The van der Waals surface area contributed by atoms with Crippen molar-refractivity contribution in [2.24, 2.45) is 17.3 Å². The van der Waals surface area contributed by atoms with Crippen molar-refractivity contribution in [3.8, 4) is 0 Å². The number of carboxylic acids is 1. The summed E-state index contributed by atoms with van der Waals surface area (Å²) in [6.45, 7) is 4.75. The van der Waals surface area contributed by atoms with E-state index in [1.54, 1.807) is 17.0 Å². The maximum absolute atomic E-state index is 14.1. The summed E-state index contributed by atoms with van der Waals surface area (Å²) in [7, 11) is 0. The molecule has 1 unspecified atom stereocenters. The van der Waals surface area contributed by atoms with Gasteiger partial charge in [-0.05, 0) is 85.7 Å². The number of hydrogen-bond acceptors (Lipinski definition) is 4. The van der Waals surface area contributed by atoms with E-state index in [2.05, 4.69) is 16.8 Å². The van der Waals surface area contributed by atoms with E-state index in [1.807, 2.05) is 12.1 Å². The third-order valence-corrected chi connectivity index (χ3v) is 10.2. The normalized spacial score (nSPS) is 30.6. The zero-order valence-electron chi connectivity index (χ0n) is 22.8. The Balaban J connectivity index is 1.15. The van der Waals surface area contributed by atoms with Gasteiger partial charge in [-0.3, -0.25) is 9.78 Å². The molecule has 0 bridgehead atoms. The molecule has 0 radical (unpaired) electrons. The number of pyridine rings is 1. The van der Waals surface area contributed by atoms with Crippen LogP contribution in [-0.4, -0.2) is 57.4 Å². The molecule has 1 aromatic heterocycles. The third-order valence-electron chi connectivity index (χ3n) is 10.2. The molecule has 0 spiro atoms. The predicted molar refractivity (Wildman–Crippen MR) is 143 cm³/mol. The number of alkyl halides is 3. The molecule has 5 atom stereocenters. The molecule has 2 aromatic rings. The smallest absolute Gasteiger partial charge is 0.417 e. The molecule has 1 amide bonds. The number of aromatic nitrogens is 1. The van der Waals surface area contributed by atoms with Gasteiger partial charge in [0, 0.05) is 44.0 Å². The Morgan fingerprint density at radius 2 is 1.98 bits per heavy atom.